The summed E-state index contributed by atoms with van der Waals surface area (Å²) >= 11 is 6.15. The number of benzene rings is 2. The third kappa shape index (κ3) is 4.93. The summed E-state index contributed by atoms with van der Waals surface area (Å²) in [5, 5.41) is 4.12. The minimum absolute atomic E-state index is 0. The zero-order valence-electron chi connectivity index (χ0n) is 13.4. The lowest BCUT2D eigenvalue weighted by Crippen LogP contribution is -2.14. The van der Waals surface area contributed by atoms with Gasteiger partial charge in [0.25, 0.3) is 0 Å². The Bertz CT molecular complexity index is 635. The van der Waals surface area contributed by atoms with Crippen LogP contribution in [0.1, 0.15) is 11.1 Å². The average Bonchev–Trinajstić information content (AvgIpc) is 2.56. The lowest BCUT2D eigenvalue weighted by molar-refractivity contribution is 0.347. The third-order valence-corrected chi connectivity index (χ3v) is 3.74. The standard InChI is InChI=1S/C17H20ClNO3.ClH/c1-20-15-9-17(22-3)16(21-2)8-13(15)11-19-10-12-6-4-5-7-14(12)18;/h4-9,19H,10-11H2,1-3H3;1H. The molecule has 4 nitrogen and oxygen atoms in total. The first kappa shape index (κ1) is 19.4. The third-order valence-electron chi connectivity index (χ3n) is 3.38. The van der Waals surface area contributed by atoms with E-state index in [-0.39, 0.29) is 12.4 Å². The molecule has 0 amide bonds. The first-order valence-electron chi connectivity index (χ1n) is 6.92. The van der Waals surface area contributed by atoms with Gasteiger partial charge in [0, 0.05) is 29.7 Å². The van der Waals surface area contributed by atoms with Crippen molar-refractivity contribution in [3.63, 3.8) is 0 Å². The summed E-state index contributed by atoms with van der Waals surface area (Å²) < 4.78 is 16.0. The normalized spacial score (nSPS) is 9.91. The van der Waals surface area contributed by atoms with Gasteiger partial charge < -0.3 is 19.5 Å². The zero-order chi connectivity index (χ0) is 15.9. The molecule has 6 heteroatoms. The SMILES string of the molecule is COc1cc(OC)c(OC)cc1CNCc1ccccc1Cl.Cl. The number of methoxy groups -OCH3 is 3. The Morgan fingerprint density at radius 3 is 2.00 bits per heavy atom. The van der Waals surface area contributed by atoms with E-state index in [0.717, 1.165) is 21.9 Å². The fourth-order valence-electron chi connectivity index (χ4n) is 2.20. The van der Waals surface area contributed by atoms with Gasteiger partial charge in [-0.3, -0.25) is 0 Å². The zero-order valence-corrected chi connectivity index (χ0v) is 15.0. The Morgan fingerprint density at radius 1 is 0.826 bits per heavy atom. The highest BCUT2D eigenvalue weighted by Gasteiger charge is 2.11. The summed E-state index contributed by atoms with van der Waals surface area (Å²) in [4.78, 5) is 0. The predicted octanol–water partition coefficient (Wildman–Crippen LogP) is 4.08. The maximum absolute atomic E-state index is 6.15. The van der Waals surface area contributed by atoms with Gasteiger partial charge in [-0.2, -0.15) is 0 Å². The Kier molecular flexibility index (Phi) is 8.03. The minimum atomic E-state index is 0. The molecule has 0 saturated carbocycles. The highest BCUT2D eigenvalue weighted by Crippen LogP contribution is 2.34. The molecule has 0 bridgehead atoms. The van der Waals surface area contributed by atoms with Gasteiger partial charge in [0.2, 0.25) is 0 Å². The first-order chi connectivity index (χ1) is 10.7. The van der Waals surface area contributed by atoms with Gasteiger partial charge >= 0.3 is 0 Å². The van der Waals surface area contributed by atoms with E-state index in [4.69, 9.17) is 25.8 Å². The largest absolute Gasteiger partial charge is 0.496 e. The monoisotopic (exact) mass is 357 g/mol. The summed E-state index contributed by atoms with van der Waals surface area (Å²) in [6.45, 7) is 1.31. The summed E-state index contributed by atoms with van der Waals surface area (Å²) in [7, 11) is 4.86. The van der Waals surface area contributed by atoms with E-state index >= 15 is 0 Å². The first-order valence-corrected chi connectivity index (χ1v) is 7.30. The second kappa shape index (κ2) is 9.50. The van der Waals surface area contributed by atoms with Crippen LogP contribution in [0.4, 0.5) is 0 Å². The van der Waals surface area contributed by atoms with Crippen molar-refractivity contribution in [2.24, 2.45) is 0 Å². The molecule has 1 N–H and O–H groups in total. The predicted molar refractivity (Wildman–Crippen MR) is 95.3 cm³/mol. The van der Waals surface area contributed by atoms with E-state index in [1.54, 1.807) is 21.3 Å². The highest BCUT2D eigenvalue weighted by atomic mass is 35.5. The molecule has 0 spiro atoms. The van der Waals surface area contributed by atoms with Crippen LogP contribution in [-0.2, 0) is 13.1 Å². The number of hydrogen-bond acceptors (Lipinski definition) is 4. The minimum Gasteiger partial charge on any atom is -0.496 e. The van der Waals surface area contributed by atoms with Crippen LogP contribution in [0.3, 0.4) is 0 Å². The molecular weight excluding hydrogens is 337 g/mol. The van der Waals surface area contributed by atoms with Gasteiger partial charge in [0.15, 0.2) is 11.5 Å². The molecule has 2 rings (SSSR count). The van der Waals surface area contributed by atoms with Gasteiger partial charge in [0.1, 0.15) is 5.75 Å². The van der Waals surface area contributed by atoms with Crippen molar-refractivity contribution in [2.75, 3.05) is 21.3 Å². The summed E-state index contributed by atoms with van der Waals surface area (Å²) in [5.41, 5.74) is 2.05. The highest BCUT2D eigenvalue weighted by molar-refractivity contribution is 6.31. The van der Waals surface area contributed by atoms with Crippen LogP contribution < -0.4 is 19.5 Å². The molecule has 0 aliphatic rings. The Hall–Kier alpha value is -1.62. The van der Waals surface area contributed by atoms with E-state index in [1.165, 1.54) is 0 Å². The lowest BCUT2D eigenvalue weighted by atomic mass is 10.1. The number of hydrogen-bond donors (Lipinski definition) is 1. The van der Waals surface area contributed by atoms with Crippen LogP contribution in [-0.4, -0.2) is 21.3 Å². The topological polar surface area (TPSA) is 39.7 Å². The number of rotatable bonds is 7. The molecule has 0 heterocycles. The Balaban J connectivity index is 0.00000264. The maximum atomic E-state index is 6.15. The number of nitrogens with one attached hydrogen (secondary N) is 1. The second-order valence-electron chi connectivity index (χ2n) is 4.71. The average molecular weight is 358 g/mol. The molecule has 23 heavy (non-hydrogen) atoms. The molecule has 0 aromatic heterocycles. The van der Waals surface area contributed by atoms with Crippen molar-refractivity contribution in [2.45, 2.75) is 13.1 Å². The molecule has 0 atom stereocenters. The van der Waals surface area contributed by atoms with E-state index in [0.29, 0.717) is 24.6 Å². The molecule has 0 unspecified atom stereocenters. The molecule has 2 aromatic carbocycles. The fraction of sp³-hybridized carbons (Fsp3) is 0.294. The number of halogens is 2. The molecule has 2 aromatic rings. The Labute approximate surface area is 148 Å². The van der Waals surface area contributed by atoms with Crippen molar-refractivity contribution in [1.82, 2.24) is 5.32 Å². The molecular formula is C17H21Cl2NO3. The van der Waals surface area contributed by atoms with Crippen LogP contribution in [0.15, 0.2) is 36.4 Å². The molecule has 0 saturated heterocycles. The van der Waals surface area contributed by atoms with Crippen molar-refractivity contribution in [1.29, 1.82) is 0 Å². The van der Waals surface area contributed by atoms with Crippen LogP contribution in [0.2, 0.25) is 5.02 Å². The van der Waals surface area contributed by atoms with E-state index in [1.807, 2.05) is 36.4 Å². The molecule has 0 aliphatic carbocycles. The van der Waals surface area contributed by atoms with E-state index < -0.39 is 0 Å². The van der Waals surface area contributed by atoms with Crippen molar-refractivity contribution < 1.29 is 14.2 Å². The van der Waals surface area contributed by atoms with Crippen LogP contribution in [0.5, 0.6) is 17.2 Å². The van der Waals surface area contributed by atoms with Gasteiger partial charge in [-0.05, 0) is 17.7 Å². The van der Waals surface area contributed by atoms with Crippen molar-refractivity contribution in [3.8, 4) is 17.2 Å². The summed E-state index contributed by atoms with van der Waals surface area (Å²) in [6.07, 6.45) is 0. The lowest BCUT2D eigenvalue weighted by Gasteiger charge is -2.14. The Morgan fingerprint density at radius 2 is 1.39 bits per heavy atom. The van der Waals surface area contributed by atoms with Crippen molar-refractivity contribution >= 4 is 24.0 Å². The molecule has 0 aliphatic heterocycles. The van der Waals surface area contributed by atoms with Gasteiger partial charge in [0.05, 0.1) is 21.3 Å². The maximum Gasteiger partial charge on any atom is 0.164 e. The van der Waals surface area contributed by atoms with Gasteiger partial charge in [-0.1, -0.05) is 29.8 Å². The van der Waals surface area contributed by atoms with Gasteiger partial charge in [-0.15, -0.1) is 12.4 Å². The second-order valence-corrected chi connectivity index (χ2v) is 5.12. The molecule has 0 radical (unpaired) electrons. The molecule has 126 valence electrons. The van der Waals surface area contributed by atoms with Crippen LogP contribution in [0.25, 0.3) is 0 Å². The smallest absolute Gasteiger partial charge is 0.164 e. The van der Waals surface area contributed by atoms with Crippen molar-refractivity contribution in [3.05, 3.63) is 52.5 Å². The molecule has 0 fully saturated rings. The van der Waals surface area contributed by atoms with Gasteiger partial charge in [-0.25, -0.2) is 0 Å². The van der Waals surface area contributed by atoms with E-state index in [9.17, 15) is 0 Å². The van der Waals surface area contributed by atoms with E-state index in [2.05, 4.69) is 5.32 Å². The van der Waals surface area contributed by atoms with Crippen LogP contribution in [0, 0.1) is 0 Å². The fourth-order valence-corrected chi connectivity index (χ4v) is 2.41. The quantitative estimate of drug-likeness (QED) is 0.810. The number of ether oxygens (including phenoxy) is 3. The summed E-state index contributed by atoms with van der Waals surface area (Å²) in [5.74, 6) is 2.08. The van der Waals surface area contributed by atoms with Crippen LogP contribution >= 0.6 is 24.0 Å². The summed E-state index contributed by atoms with van der Waals surface area (Å²) in [6, 6.07) is 11.5.